The monoisotopic (exact) mass is 350 g/mol. The minimum Gasteiger partial charge on any atom is -0.497 e. The highest BCUT2D eigenvalue weighted by Crippen LogP contribution is 2.16. The number of ether oxygens (including phenoxy) is 2. The van der Waals surface area contributed by atoms with Gasteiger partial charge in [0.05, 0.1) is 12.0 Å². The van der Waals surface area contributed by atoms with Crippen LogP contribution in [0.3, 0.4) is 0 Å². The van der Waals surface area contributed by atoms with Gasteiger partial charge in [-0.25, -0.2) is 13.6 Å². The zero-order chi connectivity index (χ0) is 17.4. The van der Waals surface area contributed by atoms with Crippen LogP contribution in [0.25, 0.3) is 0 Å². The fraction of sp³-hybridized carbons (Fsp3) is 0.294. The van der Waals surface area contributed by atoms with E-state index in [9.17, 15) is 8.42 Å². The molecule has 6 nitrogen and oxygen atoms in total. The van der Waals surface area contributed by atoms with Crippen molar-refractivity contribution >= 4 is 10.0 Å². The minimum atomic E-state index is -3.65. The third kappa shape index (κ3) is 5.84. The summed E-state index contributed by atoms with van der Waals surface area (Å²) in [6, 6.07) is 14.1. The van der Waals surface area contributed by atoms with E-state index in [0.29, 0.717) is 19.6 Å². The Kier molecular flexibility index (Phi) is 6.60. The predicted octanol–water partition coefficient (Wildman–Crippen LogP) is 1.55. The number of primary sulfonamides is 1. The van der Waals surface area contributed by atoms with Crippen LogP contribution < -0.4 is 19.9 Å². The van der Waals surface area contributed by atoms with Gasteiger partial charge in [0.1, 0.15) is 18.1 Å². The second kappa shape index (κ2) is 8.68. The molecule has 0 aromatic heterocycles. The van der Waals surface area contributed by atoms with Crippen LogP contribution in [0.4, 0.5) is 0 Å². The Hall–Kier alpha value is -2.09. The molecule has 0 aliphatic carbocycles. The van der Waals surface area contributed by atoms with Crippen molar-refractivity contribution in [1.29, 1.82) is 0 Å². The molecule has 7 heteroatoms. The fourth-order valence-electron chi connectivity index (χ4n) is 2.15. The first-order chi connectivity index (χ1) is 11.5. The number of rotatable bonds is 9. The van der Waals surface area contributed by atoms with Crippen molar-refractivity contribution in [1.82, 2.24) is 5.32 Å². The summed E-state index contributed by atoms with van der Waals surface area (Å²) in [6.07, 6.45) is 0.714. The van der Waals surface area contributed by atoms with Crippen LogP contribution in [0.5, 0.6) is 11.5 Å². The van der Waals surface area contributed by atoms with Crippen LogP contribution in [-0.2, 0) is 16.4 Å². The molecule has 0 aliphatic rings. The SMILES string of the molecule is COc1ccc(OCCNCCc2cccc(S(N)(=O)=O)c2)cc1. The molecule has 24 heavy (non-hydrogen) atoms. The zero-order valence-electron chi connectivity index (χ0n) is 13.6. The second-order valence-corrected chi connectivity index (χ2v) is 6.78. The highest BCUT2D eigenvalue weighted by molar-refractivity contribution is 7.89. The Bertz CT molecular complexity index is 745. The summed E-state index contributed by atoms with van der Waals surface area (Å²) in [7, 11) is -2.03. The summed E-state index contributed by atoms with van der Waals surface area (Å²) in [5.41, 5.74) is 0.921. The van der Waals surface area contributed by atoms with Crippen LogP contribution in [0.2, 0.25) is 0 Å². The first-order valence-electron chi connectivity index (χ1n) is 7.58. The van der Waals surface area contributed by atoms with Gasteiger partial charge in [-0.2, -0.15) is 0 Å². The molecule has 3 N–H and O–H groups in total. The number of hydrogen-bond acceptors (Lipinski definition) is 5. The van der Waals surface area contributed by atoms with E-state index in [1.54, 1.807) is 19.2 Å². The largest absolute Gasteiger partial charge is 0.497 e. The molecule has 0 atom stereocenters. The lowest BCUT2D eigenvalue weighted by Crippen LogP contribution is -2.23. The van der Waals surface area contributed by atoms with E-state index in [1.807, 2.05) is 30.3 Å². The maximum atomic E-state index is 11.3. The van der Waals surface area contributed by atoms with Crippen LogP contribution in [0, 0.1) is 0 Å². The molecule has 0 unspecified atom stereocenters. The van der Waals surface area contributed by atoms with Gasteiger partial charge in [0.2, 0.25) is 10.0 Å². The summed E-state index contributed by atoms with van der Waals surface area (Å²) in [5, 5.41) is 8.38. The lowest BCUT2D eigenvalue weighted by Gasteiger charge is -2.09. The molecule has 2 aromatic carbocycles. The first-order valence-corrected chi connectivity index (χ1v) is 9.13. The Morgan fingerprint density at radius 2 is 1.75 bits per heavy atom. The van der Waals surface area contributed by atoms with Crippen LogP contribution in [0.1, 0.15) is 5.56 Å². The van der Waals surface area contributed by atoms with Gasteiger partial charge in [0.25, 0.3) is 0 Å². The summed E-state index contributed by atoms with van der Waals surface area (Å²) in [4.78, 5) is 0.142. The van der Waals surface area contributed by atoms with E-state index in [1.165, 1.54) is 6.07 Å². The molecule has 130 valence electrons. The molecule has 0 bridgehead atoms. The van der Waals surface area contributed by atoms with Crippen molar-refractivity contribution in [2.75, 3.05) is 26.8 Å². The molecule has 0 radical (unpaired) electrons. The normalized spacial score (nSPS) is 11.2. The first kappa shape index (κ1) is 18.3. The van der Waals surface area contributed by atoms with Gasteiger partial charge in [-0.15, -0.1) is 0 Å². The summed E-state index contributed by atoms with van der Waals surface area (Å²) in [5.74, 6) is 1.58. The number of hydrogen-bond donors (Lipinski definition) is 2. The summed E-state index contributed by atoms with van der Waals surface area (Å²) in [6.45, 7) is 1.96. The van der Waals surface area contributed by atoms with Gasteiger partial charge in [-0.1, -0.05) is 12.1 Å². The molecular weight excluding hydrogens is 328 g/mol. The highest BCUT2D eigenvalue weighted by Gasteiger charge is 2.07. The molecule has 2 aromatic rings. The zero-order valence-corrected chi connectivity index (χ0v) is 14.4. The summed E-state index contributed by atoms with van der Waals surface area (Å²) >= 11 is 0. The smallest absolute Gasteiger partial charge is 0.238 e. The number of benzene rings is 2. The van der Waals surface area contributed by atoms with Crippen LogP contribution >= 0.6 is 0 Å². The van der Waals surface area contributed by atoms with Crippen molar-refractivity contribution in [3.63, 3.8) is 0 Å². The Morgan fingerprint density at radius 3 is 2.42 bits per heavy atom. The van der Waals surface area contributed by atoms with E-state index in [-0.39, 0.29) is 4.90 Å². The standard InChI is InChI=1S/C17H22N2O4S/c1-22-15-5-7-16(8-6-15)23-12-11-19-10-9-14-3-2-4-17(13-14)24(18,20)21/h2-8,13,19H,9-12H2,1H3,(H2,18,20,21). The molecule has 0 heterocycles. The Balaban J connectivity index is 1.68. The molecule has 0 spiro atoms. The third-order valence-corrected chi connectivity index (χ3v) is 4.34. The van der Waals surface area contributed by atoms with Crippen molar-refractivity contribution in [2.45, 2.75) is 11.3 Å². The quantitative estimate of drug-likeness (QED) is 0.670. The van der Waals surface area contributed by atoms with Gasteiger partial charge < -0.3 is 14.8 Å². The summed E-state index contributed by atoms with van der Waals surface area (Å²) < 4.78 is 33.3. The van der Waals surface area contributed by atoms with Crippen LogP contribution in [-0.4, -0.2) is 35.2 Å². The van der Waals surface area contributed by atoms with Crippen molar-refractivity contribution < 1.29 is 17.9 Å². The molecule has 0 saturated carbocycles. The predicted molar refractivity (Wildman–Crippen MR) is 92.9 cm³/mol. The van der Waals surface area contributed by atoms with E-state index in [2.05, 4.69) is 5.32 Å². The van der Waals surface area contributed by atoms with Crippen molar-refractivity contribution in [3.8, 4) is 11.5 Å². The Morgan fingerprint density at radius 1 is 1.04 bits per heavy atom. The van der Waals surface area contributed by atoms with E-state index < -0.39 is 10.0 Å². The number of sulfonamides is 1. The molecule has 2 rings (SSSR count). The van der Waals surface area contributed by atoms with Crippen LogP contribution in [0.15, 0.2) is 53.4 Å². The molecule has 0 fully saturated rings. The fourth-order valence-corrected chi connectivity index (χ4v) is 2.73. The molecule has 0 aliphatic heterocycles. The van der Waals surface area contributed by atoms with E-state index in [0.717, 1.165) is 23.6 Å². The van der Waals surface area contributed by atoms with Gasteiger partial charge in [-0.3, -0.25) is 0 Å². The third-order valence-electron chi connectivity index (χ3n) is 3.42. The number of nitrogens with one attached hydrogen (secondary N) is 1. The molecular formula is C17H22N2O4S. The second-order valence-electron chi connectivity index (χ2n) is 5.22. The van der Waals surface area contributed by atoms with Crippen molar-refractivity contribution in [2.24, 2.45) is 5.14 Å². The highest BCUT2D eigenvalue weighted by atomic mass is 32.2. The number of nitrogens with two attached hydrogens (primary N) is 1. The maximum absolute atomic E-state index is 11.3. The van der Waals surface area contributed by atoms with Crippen molar-refractivity contribution in [3.05, 3.63) is 54.1 Å². The molecule has 0 amide bonds. The lowest BCUT2D eigenvalue weighted by molar-refractivity contribution is 0.313. The van der Waals surface area contributed by atoms with E-state index >= 15 is 0 Å². The lowest BCUT2D eigenvalue weighted by atomic mass is 10.1. The minimum absolute atomic E-state index is 0.142. The van der Waals surface area contributed by atoms with Gasteiger partial charge in [-0.05, 0) is 54.9 Å². The maximum Gasteiger partial charge on any atom is 0.238 e. The number of methoxy groups -OCH3 is 1. The van der Waals surface area contributed by atoms with E-state index in [4.69, 9.17) is 14.6 Å². The van der Waals surface area contributed by atoms with Gasteiger partial charge in [0, 0.05) is 6.54 Å². The van der Waals surface area contributed by atoms with Gasteiger partial charge in [0.15, 0.2) is 0 Å². The average Bonchev–Trinajstić information content (AvgIpc) is 2.58. The topological polar surface area (TPSA) is 90.7 Å². The Labute approximate surface area is 142 Å². The average molecular weight is 350 g/mol. The molecule has 0 saturated heterocycles. The van der Waals surface area contributed by atoms with Gasteiger partial charge >= 0.3 is 0 Å².